The quantitative estimate of drug-likeness (QED) is 0.781. The third-order valence-corrected chi connectivity index (χ3v) is 4.47. The van der Waals surface area contributed by atoms with E-state index in [4.69, 9.17) is 4.74 Å². The average molecular weight is 287 g/mol. The molecule has 2 rings (SSSR count). The van der Waals surface area contributed by atoms with Crippen molar-refractivity contribution in [3.05, 3.63) is 28.7 Å². The van der Waals surface area contributed by atoms with Crippen molar-refractivity contribution < 1.29 is 9.53 Å². The summed E-state index contributed by atoms with van der Waals surface area (Å²) in [7, 11) is 0. The van der Waals surface area contributed by atoms with Gasteiger partial charge >= 0.3 is 5.97 Å². The smallest absolute Gasteiger partial charge is 0.319 e. The molecular formula is C11H11BrO2S. The first-order chi connectivity index (χ1) is 7.16. The predicted molar refractivity (Wildman–Crippen MR) is 64.0 cm³/mol. The molecule has 1 heterocycles. The van der Waals surface area contributed by atoms with Crippen molar-refractivity contribution in [1.82, 2.24) is 0 Å². The molecule has 1 aromatic carbocycles. The summed E-state index contributed by atoms with van der Waals surface area (Å²) in [6.45, 7) is 1.93. The van der Waals surface area contributed by atoms with E-state index in [0.717, 1.165) is 15.8 Å². The number of halogens is 1. The van der Waals surface area contributed by atoms with Gasteiger partial charge in [-0.25, -0.2) is 0 Å². The van der Waals surface area contributed by atoms with Crippen LogP contribution in [-0.4, -0.2) is 17.3 Å². The molecule has 0 saturated carbocycles. The van der Waals surface area contributed by atoms with E-state index in [0.29, 0.717) is 0 Å². The van der Waals surface area contributed by atoms with Gasteiger partial charge in [0.15, 0.2) is 0 Å². The van der Waals surface area contributed by atoms with Gasteiger partial charge in [-0.2, -0.15) is 0 Å². The Morgan fingerprint density at radius 1 is 1.47 bits per heavy atom. The summed E-state index contributed by atoms with van der Waals surface area (Å²) in [5.74, 6) is -0.0942. The van der Waals surface area contributed by atoms with Gasteiger partial charge in [-0.3, -0.25) is 4.79 Å². The summed E-state index contributed by atoms with van der Waals surface area (Å²) < 4.78 is 6.14. The third kappa shape index (κ3) is 2.55. The number of ether oxygens (including phenoxy) is 1. The zero-order chi connectivity index (χ0) is 10.8. The molecule has 0 spiro atoms. The molecular weight excluding hydrogens is 276 g/mol. The molecule has 4 heteroatoms. The Kier molecular flexibility index (Phi) is 3.36. The van der Waals surface area contributed by atoms with Gasteiger partial charge in [-0.1, -0.05) is 12.1 Å². The fraction of sp³-hybridized carbons (Fsp3) is 0.364. The van der Waals surface area contributed by atoms with E-state index in [2.05, 4.69) is 15.9 Å². The molecule has 1 fully saturated rings. The number of hydrogen-bond donors (Lipinski definition) is 0. The average Bonchev–Trinajstić information content (AvgIpc) is 2.49. The van der Waals surface area contributed by atoms with E-state index in [1.165, 1.54) is 0 Å². The van der Waals surface area contributed by atoms with E-state index in [-0.39, 0.29) is 17.3 Å². The molecule has 15 heavy (non-hydrogen) atoms. The zero-order valence-electron chi connectivity index (χ0n) is 8.27. The summed E-state index contributed by atoms with van der Waals surface area (Å²) in [5, 5.41) is -0.0568. The fourth-order valence-corrected chi connectivity index (χ4v) is 3.24. The molecule has 0 aliphatic carbocycles. The lowest BCUT2D eigenvalue weighted by atomic mass is 10.3. The molecule has 0 unspecified atom stereocenters. The molecule has 1 aromatic rings. The number of carbonyl (C=O) groups is 1. The number of benzene rings is 1. The minimum atomic E-state index is -0.0942. The first-order valence-electron chi connectivity index (χ1n) is 4.78. The second-order valence-electron chi connectivity index (χ2n) is 3.52. The van der Waals surface area contributed by atoms with Crippen LogP contribution < -0.4 is 0 Å². The normalized spacial score (nSPS) is 25.3. The fourth-order valence-electron chi connectivity index (χ4n) is 1.51. The van der Waals surface area contributed by atoms with Crippen LogP contribution in [0.1, 0.15) is 13.3 Å². The van der Waals surface area contributed by atoms with Crippen molar-refractivity contribution in [2.45, 2.75) is 29.6 Å². The van der Waals surface area contributed by atoms with Gasteiger partial charge in [0, 0.05) is 15.8 Å². The van der Waals surface area contributed by atoms with Crippen molar-refractivity contribution in [3.8, 4) is 0 Å². The molecule has 1 aliphatic rings. The third-order valence-electron chi connectivity index (χ3n) is 2.23. The highest BCUT2D eigenvalue weighted by molar-refractivity contribution is 9.10. The van der Waals surface area contributed by atoms with Crippen LogP contribution in [-0.2, 0) is 9.53 Å². The van der Waals surface area contributed by atoms with E-state index in [9.17, 15) is 4.79 Å². The lowest BCUT2D eigenvalue weighted by Crippen LogP contribution is -2.09. The van der Waals surface area contributed by atoms with Crippen LogP contribution in [0.3, 0.4) is 0 Å². The monoisotopic (exact) mass is 286 g/mol. The summed E-state index contributed by atoms with van der Waals surface area (Å²) >= 11 is 5.03. The summed E-state index contributed by atoms with van der Waals surface area (Å²) in [6.07, 6.45) is 0.850. The maximum Gasteiger partial charge on any atom is 0.319 e. The number of rotatable bonds is 2. The maximum absolute atomic E-state index is 11.4. The van der Waals surface area contributed by atoms with Crippen molar-refractivity contribution in [1.29, 1.82) is 0 Å². The van der Waals surface area contributed by atoms with Gasteiger partial charge in [0.05, 0.1) is 0 Å². The van der Waals surface area contributed by atoms with E-state index in [1.807, 2.05) is 31.2 Å². The Labute approximate surface area is 102 Å². The molecule has 1 saturated heterocycles. The SMILES string of the molecule is C[C@H]1C[C@@H](Sc2ccccc2Br)C(=O)O1. The number of carbonyl (C=O) groups excluding carboxylic acids is 1. The molecule has 1 aliphatic heterocycles. The highest BCUT2D eigenvalue weighted by atomic mass is 79.9. The van der Waals surface area contributed by atoms with Crippen LogP contribution in [0.15, 0.2) is 33.6 Å². The van der Waals surface area contributed by atoms with Crippen LogP contribution in [0.5, 0.6) is 0 Å². The number of thioether (sulfide) groups is 1. The van der Waals surface area contributed by atoms with Gasteiger partial charge in [0.1, 0.15) is 11.4 Å². The first-order valence-corrected chi connectivity index (χ1v) is 6.46. The van der Waals surface area contributed by atoms with Gasteiger partial charge in [-0.05, 0) is 35.0 Å². The largest absolute Gasteiger partial charge is 0.462 e. The van der Waals surface area contributed by atoms with Crippen LogP contribution in [0, 0.1) is 0 Å². The number of cyclic esters (lactones) is 1. The standard InChI is InChI=1S/C11H11BrO2S/c1-7-6-10(11(13)14-7)15-9-5-3-2-4-8(9)12/h2-5,7,10H,6H2,1H3/t7-,10+/m0/s1. The minimum Gasteiger partial charge on any atom is -0.462 e. The Balaban J connectivity index is 2.09. The highest BCUT2D eigenvalue weighted by Crippen LogP contribution is 2.35. The van der Waals surface area contributed by atoms with Gasteiger partial charge in [0.25, 0.3) is 0 Å². The summed E-state index contributed by atoms with van der Waals surface area (Å²) in [4.78, 5) is 12.5. The van der Waals surface area contributed by atoms with E-state index >= 15 is 0 Å². The van der Waals surface area contributed by atoms with Crippen LogP contribution >= 0.6 is 27.7 Å². The molecule has 2 atom stereocenters. The second-order valence-corrected chi connectivity index (χ2v) is 5.62. The van der Waals surface area contributed by atoms with Crippen molar-refractivity contribution in [2.75, 3.05) is 0 Å². The van der Waals surface area contributed by atoms with Gasteiger partial charge in [0.2, 0.25) is 0 Å². The molecule has 2 nitrogen and oxygen atoms in total. The van der Waals surface area contributed by atoms with Crippen LogP contribution in [0.25, 0.3) is 0 Å². The lowest BCUT2D eigenvalue weighted by molar-refractivity contribution is -0.140. The minimum absolute atomic E-state index is 0.0532. The molecule has 80 valence electrons. The second kappa shape index (κ2) is 4.58. The zero-order valence-corrected chi connectivity index (χ0v) is 10.7. The summed E-state index contributed by atoms with van der Waals surface area (Å²) in [5.41, 5.74) is 0. The Morgan fingerprint density at radius 2 is 2.20 bits per heavy atom. The Hall–Kier alpha value is -0.480. The molecule has 0 N–H and O–H groups in total. The number of hydrogen-bond acceptors (Lipinski definition) is 3. The van der Waals surface area contributed by atoms with Crippen LogP contribution in [0.2, 0.25) is 0 Å². The van der Waals surface area contributed by atoms with E-state index in [1.54, 1.807) is 11.8 Å². The summed E-state index contributed by atoms with van der Waals surface area (Å²) in [6, 6.07) is 7.91. The van der Waals surface area contributed by atoms with Crippen LogP contribution in [0.4, 0.5) is 0 Å². The molecule has 0 aromatic heterocycles. The van der Waals surface area contributed by atoms with Crippen molar-refractivity contribution in [2.24, 2.45) is 0 Å². The highest BCUT2D eigenvalue weighted by Gasteiger charge is 2.32. The van der Waals surface area contributed by atoms with Crippen molar-refractivity contribution >= 4 is 33.7 Å². The van der Waals surface area contributed by atoms with Gasteiger partial charge in [-0.15, -0.1) is 11.8 Å². The van der Waals surface area contributed by atoms with Crippen molar-refractivity contribution in [3.63, 3.8) is 0 Å². The Bertz CT molecular complexity index is 381. The first kappa shape index (κ1) is 11.0. The molecule has 0 amide bonds. The molecule has 0 bridgehead atoms. The number of esters is 1. The topological polar surface area (TPSA) is 26.3 Å². The maximum atomic E-state index is 11.4. The van der Waals surface area contributed by atoms with E-state index < -0.39 is 0 Å². The van der Waals surface area contributed by atoms with Gasteiger partial charge < -0.3 is 4.74 Å². The molecule has 0 radical (unpaired) electrons. The predicted octanol–water partition coefficient (Wildman–Crippen LogP) is 3.25. The lowest BCUT2D eigenvalue weighted by Gasteiger charge is -2.06. The Morgan fingerprint density at radius 3 is 2.80 bits per heavy atom.